The van der Waals surface area contributed by atoms with Crippen molar-refractivity contribution >= 4 is 11.7 Å². The van der Waals surface area contributed by atoms with E-state index in [-0.39, 0.29) is 17.1 Å². The Morgan fingerprint density at radius 2 is 1.88 bits per heavy atom. The van der Waals surface area contributed by atoms with Gasteiger partial charge in [-0.05, 0) is 24.6 Å². The zero-order chi connectivity index (χ0) is 18.0. The number of ether oxygens (including phenoxy) is 1. The fourth-order valence-electron chi connectivity index (χ4n) is 3.44. The van der Waals surface area contributed by atoms with Crippen molar-refractivity contribution < 1.29 is 29.4 Å². The first-order valence-corrected chi connectivity index (χ1v) is 8.44. The monoisotopic (exact) mass is 347 g/mol. The number of phenolic OH excluding ortho intramolecular Hbond substituents is 1. The van der Waals surface area contributed by atoms with E-state index in [0.29, 0.717) is 25.3 Å². The number of hydrogen-bond acceptors (Lipinski definition) is 5. The molecule has 2 heterocycles. The largest absolute Gasteiger partial charge is 0.508 e. The molecule has 0 aliphatic carbocycles. The number of phenols is 1. The molecule has 1 saturated heterocycles. The van der Waals surface area contributed by atoms with Crippen molar-refractivity contribution in [3.8, 4) is 5.75 Å². The highest BCUT2D eigenvalue weighted by Gasteiger charge is 2.42. The molecule has 2 aliphatic heterocycles. The van der Waals surface area contributed by atoms with Crippen LogP contribution in [-0.4, -0.2) is 66.2 Å². The molecule has 25 heavy (non-hydrogen) atoms. The summed E-state index contributed by atoms with van der Waals surface area (Å²) in [6.07, 6.45) is 0. The number of aliphatic hydroxyl groups is 1. The fourth-order valence-corrected chi connectivity index (χ4v) is 3.44. The van der Waals surface area contributed by atoms with Crippen LogP contribution in [0.2, 0.25) is 0 Å². The lowest BCUT2D eigenvalue weighted by molar-refractivity contribution is -0.907. The van der Waals surface area contributed by atoms with Gasteiger partial charge in [0, 0.05) is 0 Å². The standard InChI is InChI=1S/C18H22N2O5/c1-12(21)15-16(13-2-4-14(22)5-3-13)20(18(24)17(15)23)7-6-19-8-10-25-11-9-19/h2-5,16,22-23H,6-11H2,1H3/p+1. The van der Waals surface area contributed by atoms with Crippen LogP contribution in [0, 0.1) is 0 Å². The van der Waals surface area contributed by atoms with Gasteiger partial charge in [-0.15, -0.1) is 0 Å². The second-order valence-corrected chi connectivity index (χ2v) is 6.42. The van der Waals surface area contributed by atoms with E-state index in [1.807, 2.05) is 0 Å². The Hall–Kier alpha value is -2.38. The van der Waals surface area contributed by atoms with Crippen molar-refractivity contribution in [2.24, 2.45) is 0 Å². The first-order valence-electron chi connectivity index (χ1n) is 8.44. The first kappa shape index (κ1) is 17.4. The van der Waals surface area contributed by atoms with E-state index in [4.69, 9.17) is 4.74 Å². The Morgan fingerprint density at radius 3 is 2.48 bits per heavy atom. The molecule has 1 amide bonds. The number of carbonyl (C=O) groups excluding carboxylic acids is 2. The summed E-state index contributed by atoms with van der Waals surface area (Å²) < 4.78 is 5.34. The van der Waals surface area contributed by atoms with Gasteiger partial charge in [0.15, 0.2) is 11.5 Å². The number of morpholine rings is 1. The second kappa shape index (κ2) is 7.25. The number of rotatable bonds is 5. The zero-order valence-electron chi connectivity index (χ0n) is 14.2. The molecule has 3 N–H and O–H groups in total. The predicted octanol–water partition coefficient (Wildman–Crippen LogP) is -0.408. The maximum atomic E-state index is 12.5. The molecule has 2 aliphatic rings. The molecule has 0 radical (unpaired) electrons. The Kier molecular flexibility index (Phi) is 5.06. The minimum absolute atomic E-state index is 0.106. The maximum absolute atomic E-state index is 12.5. The van der Waals surface area contributed by atoms with Gasteiger partial charge < -0.3 is 24.7 Å². The van der Waals surface area contributed by atoms with Gasteiger partial charge in [-0.2, -0.15) is 0 Å². The number of nitrogens with one attached hydrogen (secondary N) is 1. The van der Waals surface area contributed by atoms with Crippen molar-refractivity contribution in [2.45, 2.75) is 13.0 Å². The normalized spacial score (nSPS) is 21.9. The summed E-state index contributed by atoms with van der Waals surface area (Å²) in [5, 5.41) is 19.7. The van der Waals surface area contributed by atoms with Gasteiger partial charge in [0.1, 0.15) is 18.8 Å². The quantitative estimate of drug-likeness (QED) is 0.674. The van der Waals surface area contributed by atoms with Crippen LogP contribution in [-0.2, 0) is 14.3 Å². The molecule has 1 aromatic carbocycles. The smallest absolute Gasteiger partial charge is 0.290 e. The van der Waals surface area contributed by atoms with E-state index >= 15 is 0 Å². The minimum atomic E-state index is -0.619. The van der Waals surface area contributed by atoms with Crippen LogP contribution in [0.5, 0.6) is 5.75 Å². The molecule has 1 unspecified atom stereocenters. The van der Waals surface area contributed by atoms with Crippen molar-refractivity contribution in [2.75, 3.05) is 39.4 Å². The highest BCUT2D eigenvalue weighted by Crippen LogP contribution is 2.37. The van der Waals surface area contributed by atoms with Crippen LogP contribution in [0.15, 0.2) is 35.6 Å². The van der Waals surface area contributed by atoms with E-state index in [0.717, 1.165) is 19.6 Å². The number of hydrogen-bond donors (Lipinski definition) is 3. The summed E-state index contributed by atoms with van der Waals surface area (Å²) >= 11 is 0. The van der Waals surface area contributed by atoms with Gasteiger partial charge in [0.05, 0.1) is 37.9 Å². The molecule has 7 heteroatoms. The van der Waals surface area contributed by atoms with Gasteiger partial charge in [0.2, 0.25) is 0 Å². The second-order valence-electron chi connectivity index (χ2n) is 6.42. The van der Waals surface area contributed by atoms with Crippen molar-refractivity contribution in [1.29, 1.82) is 0 Å². The molecule has 1 aromatic rings. The number of amides is 1. The predicted molar refractivity (Wildman–Crippen MR) is 89.3 cm³/mol. The Morgan fingerprint density at radius 1 is 1.24 bits per heavy atom. The van der Waals surface area contributed by atoms with Crippen molar-refractivity contribution in [3.63, 3.8) is 0 Å². The van der Waals surface area contributed by atoms with Crippen LogP contribution in [0.1, 0.15) is 18.5 Å². The molecule has 0 spiro atoms. The van der Waals surface area contributed by atoms with Gasteiger partial charge in [-0.25, -0.2) is 0 Å². The molecule has 1 fully saturated rings. The van der Waals surface area contributed by atoms with Crippen molar-refractivity contribution in [1.82, 2.24) is 4.90 Å². The Balaban J connectivity index is 1.85. The number of Topliss-reactive ketones (excluding diaryl/α,β-unsaturated/α-hetero) is 1. The Labute approximate surface area is 146 Å². The highest BCUT2D eigenvalue weighted by atomic mass is 16.5. The summed E-state index contributed by atoms with van der Waals surface area (Å²) in [5.74, 6) is -1.21. The third-order valence-electron chi connectivity index (χ3n) is 4.80. The van der Waals surface area contributed by atoms with Crippen LogP contribution in [0.3, 0.4) is 0 Å². The lowest BCUT2D eigenvalue weighted by Crippen LogP contribution is -3.14. The fraction of sp³-hybridized carbons (Fsp3) is 0.444. The van der Waals surface area contributed by atoms with E-state index in [1.54, 1.807) is 17.0 Å². The van der Waals surface area contributed by atoms with Crippen LogP contribution in [0.4, 0.5) is 0 Å². The summed E-state index contributed by atoms with van der Waals surface area (Å²) in [4.78, 5) is 27.4. The summed E-state index contributed by atoms with van der Waals surface area (Å²) in [6, 6.07) is 5.75. The molecular formula is C18H23N2O5+. The van der Waals surface area contributed by atoms with Crippen molar-refractivity contribution in [3.05, 3.63) is 41.2 Å². The van der Waals surface area contributed by atoms with Gasteiger partial charge >= 0.3 is 0 Å². The average molecular weight is 347 g/mol. The van der Waals surface area contributed by atoms with E-state index in [2.05, 4.69) is 0 Å². The van der Waals surface area contributed by atoms with Crippen LogP contribution >= 0.6 is 0 Å². The number of aromatic hydroxyl groups is 1. The van der Waals surface area contributed by atoms with Crippen LogP contribution in [0.25, 0.3) is 0 Å². The number of ketones is 1. The summed E-state index contributed by atoms with van der Waals surface area (Å²) in [7, 11) is 0. The first-order chi connectivity index (χ1) is 12.0. The van der Waals surface area contributed by atoms with Gasteiger partial charge in [-0.1, -0.05) is 12.1 Å². The summed E-state index contributed by atoms with van der Waals surface area (Å²) in [6.45, 7) is 5.67. The molecule has 1 atom stereocenters. The van der Waals surface area contributed by atoms with Gasteiger partial charge in [0.25, 0.3) is 5.91 Å². The Bertz CT molecular complexity index is 692. The molecule has 0 aromatic heterocycles. The molecule has 3 rings (SSSR count). The van der Waals surface area contributed by atoms with E-state index in [9.17, 15) is 19.8 Å². The average Bonchev–Trinajstić information content (AvgIpc) is 2.86. The number of aliphatic hydroxyl groups excluding tert-OH is 1. The lowest BCUT2D eigenvalue weighted by atomic mass is 9.96. The third kappa shape index (κ3) is 3.52. The number of nitrogens with zero attached hydrogens (tertiary/aromatic N) is 1. The number of carbonyl (C=O) groups is 2. The molecule has 0 bridgehead atoms. The maximum Gasteiger partial charge on any atom is 0.290 e. The number of quaternary nitrogens is 1. The SMILES string of the molecule is CC(=O)C1=C(O)C(=O)N(CC[NH+]2CCOCC2)C1c1ccc(O)cc1. The molecule has 7 nitrogen and oxygen atoms in total. The topological polar surface area (TPSA) is 91.5 Å². The van der Waals surface area contributed by atoms with E-state index < -0.39 is 17.7 Å². The third-order valence-corrected chi connectivity index (χ3v) is 4.80. The van der Waals surface area contributed by atoms with E-state index in [1.165, 1.54) is 24.0 Å². The zero-order valence-corrected chi connectivity index (χ0v) is 14.2. The number of benzene rings is 1. The minimum Gasteiger partial charge on any atom is -0.508 e. The summed E-state index contributed by atoms with van der Waals surface area (Å²) in [5.41, 5.74) is 0.810. The molecular weight excluding hydrogens is 324 g/mol. The van der Waals surface area contributed by atoms with Gasteiger partial charge in [-0.3, -0.25) is 9.59 Å². The highest BCUT2D eigenvalue weighted by molar-refractivity contribution is 6.08. The lowest BCUT2D eigenvalue weighted by Gasteiger charge is -2.29. The molecule has 0 saturated carbocycles. The van der Waals surface area contributed by atoms with Crippen LogP contribution < -0.4 is 4.90 Å². The molecule has 134 valence electrons.